The fourth-order valence-electron chi connectivity index (χ4n) is 3.02. The number of hydrogen-bond donors (Lipinski definition) is 1. The molecule has 0 radical (unpaired) electrons. The number of hydrogen-bond acceptors (Lipinski definition) is 4. The maximum atomic E-state index is 13.3. The number of carbonyl (C=O) groups excluding carboxylic acids is 2. The highest BCUT2D eigenvalue weighted by Gasteiger charge is 2.30. The van der Waals surface area contributed by atoms with E-state index < -0.39 is 28.5 Å². The summed E-state index contributed by atoms with van der Waals surface area (Å²) in [4.78, 5) is 27.3. The van der Waals surface area contributed by atoms with E-state index in [1.807, 2.05) is 44.2 Å². The van der Waals surface area contributed by atoms with Crippen molar-refractivity contribution in [2.45, 2.75) is 39.4 Å². The van der Waals surface area contributed by atoms with E-state index in [2.05, 4.69) is 5.32 Å². The third-order valence-corrected chi connectivity index (χ3v) is 6.04. The predicted molar refractivity (Wildman–Crippen MR) is 123 cm³/mol. The van der Waals surface area contributed by atoms with E-state index in [0.29, 0.717) is 0 Å². The summed E-state index contributed by atoms with van der Waals surface area (Å²) in [5, 5.41) is 3.01. The number of para-hydroxylation sites is 1. The Morgan fingerprint density at radius 1 is 1.00 bits per heavy atom. The van der Waals surface area contributed by atoms with Crippen molar-refractivity contribution in [2.75, 3.05) is 17.1 Å². The molecule has 1 N–H and O–H groups in total. The van der Waals surface area contributed by atoms with Crippen LogP contribution in [0, 0.1) is 0 Å². The lowest BCUT2D eigenvalue weighted by atomic mass is 10.1. The molecular formula is C22H28ClN3O4S. The van der Waals surface area contributed by atoms with E-state index in [9.17, 15) is 18.0 Å². The standard InChI is InChI=1S/C22H28ClN3O4S/c1-16(2)24-22(28)17(3)25(14-18-10-6-5-7-11-18)21(27)15-26(31(4,29)30)20-13-9-8-12-19(20)23/h5-13,16-17H,14-15H2,1-4H3,(H,24,28)/t17-/m0/s1. The van der Waals surface area contributed by atoms with E-state index in [4.69, 9.17) is 11.6 Å². The first kappa shape index (κ1) is 24.7. The molecule has 0 fully saturated rings. The average molecular weight is 466 g/mol. The molecule has 7 nitrogen and oxygen atoms in total. The summed E-state index contributed by atoms with van der Waals surface area (Å²) in [5.74, 6) is -0.830. The van der Waals surface area contributed by atoms with E-state index in [-0.39, 0.29) is 29.2 Å². The number of rotatable bonds is 9. The normalized spacial score (nSPS) is 12.3. The van der Waals surface area contributed by atoms with Gasteiger partial charge in [-0.05, 0) is 38.5 Å². The molecule has 0 aliphatic carbocycles. The summed E-state index contributed by atoms with van der Waals surface area (Å²) in [5.41, 5.74) is 1.03. The molecule has 1 atom stereocenters. The van der Waals surface area contributed by atoms with Crippen molar-refractivity contribution < 1.29 is 18.0 Å². The minimum Gasteiger partial charge on any atom is -0.352 e. The van der Waals surface area contributed by atoms with Crippen LogP contribution in [0.4, 0.5) is 5.69 Å². The zero-order valence-corrected chi connectivity index (χ0v) is 19.7. The first-order valence-electron chi connectivity index (χ1n) is 9.86. The lowest BCUT2D eigenvalue weighted by Gasteiger charge is -2.32. The predicted octanol–water partition coefficient (Wildman–Crippen LogP) is 3.05. The highest BCUT2D eigenvalue weighted by atomic mass is 35.5. The van der Waals surface area contributed by atoms with Gasteiger partial charge in [-0.1, -0.05) is 54.1 Å². The van der Waals surface area contributed by atoms with Crippen molar-refractivity contribution in [2.24, 2.45) is 0 Å². The second-order valence-electron chi connectivity index (χ2n) is 7.57. The molecule has 2 amide bonds. The Kier molecular flexibility index (Phi) is 8.47. The molecule has 2 aromatic rings. The molecule has 2 rings (SSSR count). The Hall–Kier alpha value is -2.58. The van der Waals surface area contributed by atoms with Crippen LogP contribution in [0.25, 0.3) is 0 Å². The van der Waals surface area contributed by atoms with Gasteiger partial charge in [-0.3, -0.25) is 13.9 Å². The first-order chi connectivity index (χ1) is 14.5. The van der Waals surface area contributed by atoms with Gasteiger partial charge in [0.25, 0.3) is 0 Å². The largest absolute Gasteiger partial charge is 0.352 e. The number of benzene rings is 2. The van der Waals surface area contributed by atoms with Crippen molar-refractivity contribution in [3.8, 4) is 0 Å². The topological polar surface area (TPSA) is 86.8 Å². The van der Waals surface area contributed by atoms with Crippen molar-refractivity contribution in [3.05, 3.63) is 65.2 Å². The van der Waals surface area contributed by atoms with E-state index >= 15 is 0 Å². The number of nitrogens with one attached hydrogen (secondary N) is 1. The van der Waals surface area contributed by atoms with Gasteiger partial charge in [0.05, 0.1) is 17.0 Å². The van der Waals surface area contributed by atoms with Gasteiger partial charge < -0.3 is 10.2 Å². The van der Waals surface area contributed by atoms with Gasteiger partial charge in [-0.15, -0.1) is 0 Å². The zero-order chi connectivity index (χ0) is 23.2. The summed E-state index contributed by atoms with van der Waals surface area (Å²) in [6, 6.07) is 14.7. The molecule has 31 heavy (non-hydrogen) atoms. The monoisotopic (exact) mass is 465 g/mol. The van der Waals surface area contributed by atoms with Crippen LogP contribution < -0.4 is 9.62 Å². The van der Waals surface area contributed by atoms with Gasteiger partial charge in [-0.2, -0.15) is 0 Å². The summed E-state index contributed by atoms with van der Waals surface area (Å²) < 4.78 is 25.9. The number of halogens is 1. The number of amides is 2. The van der Waals surface area contributed by atoms with E-state index in [0.717, 1.165) is 16.1 Å². The van der Waals surface area contributed by atoms with Crippen molar-refractivity contribution >= 4 is 39.1 Å². The quantitative estimate of drug-likeness (QED) is 0.616. The molecule has 0 bridgehead atoms. The zero-order valence-electron chi connectivity index (χ0n) is 18.1. The molecule has 0 saturated heterocycles. The van der Waals surface area contributed by atoms with Gasteiger partial charge in [0.1, 0.15) is 12.6 Å². The summed E-state index contributed by atoms with van der Waals surface area (Å²) in [7, 11) is -3.81. The number of nitrogens with zero attached hydrogens (tertiary/aromatic N) is 2. The maximum absolute atomic E-state index is 13.3. The van der Waals surface area contributed by atoms with Gasteiger partial charge in [0.15, 0.2) is 0 Å². The van der Waals surface area contributed by atoms with Crippen LogP contribution in [-0.4, -0.2) is 50.0 Å². The van der Waals surface area contributed by atoms with Crippen molar-refractivity contribution in [3.63, 3.8) is 0 Å². The molecule has 0 spiro atoms. The van der Waals surface area contributed by atoms with Crippen LogP contribution in [0.3, 0.4) is 0 Å². The van der Waals surface area contributed by atoms with Crippen LogP contribution in [0.5, 0.6) is 0 Å². The fourth-order valence-corrected chi connectivity index (χ4v) is 4.17. The average Bonchev–Trinajstić information content (AvgIpc) is 2.69. The van der Waals surface area contributed by atoms with E-state index in [1.54, 1.807) is 25.1 Å². The smallest absolute Gasteiger partial charge is 0.244 e. The number of anilines is 1. The molecule has 0 saturated carbocycles. The van der Waals surface area contributed by atoms with Crippen LogP contribution in [0.1, 0.15) is 26.3 Å². The fraction of sp³-hybridized carbons (Fsp3) is 0.364. The molecule has 0 unspecified atom stereocenters. The van der Waals surface area contributed by atoms with Crippen molar-refractivity contribution in [1.82, 2.24) is 10.2 Å². The Labute approximate surface area is 189 Å². The Morgan fingerprint density at radius 2 is 1.58 bits per heavy atom. The SMILES string of the molecule is CC(C)NC(=O)[C@H](C)N(Cc1ccccc1)C(=O)CN(c1ccccc1Cl)S(C)(=O)=O. The van der Waals surface area contributed by atoms with Gasteiger partial charge in [-0.25, -0.2) is 8.42 Å². The molecule has 9 heteroatoms. The van der Waals surface area contributed by atoms with Gasteiger partial charge in [0, 0.05) is 12.6 Å². The van der Waals surface area contributed by atoms with Crippen LogP contribution in [0.2, 0.25) is 5.02 Å². The Morgan fingerprint density at radius 3 is 2.13 bits per heavy atom. The lowest BCUT2D eigenvalue weighted by molar-refractivity contribution is -0.139. The van der Waals surface area contributed by atoms with Gasteiger partial charge in [0.2, 0.25) is 21.8 Å². The Bertz CT molecular complexity index is 1010. The first-order valence-corrected chi connectivity index (χ1v) is 12.1. The second kappa shape index (κ2) is 10.6. The summed E-state index contributed by atoms with van der Waals surface area (Å²) >= 11 is 6.19. The second-order valence-corrected chi connectivity index (χ2v) is 9.88. The van der Waals surface area contributed by atoms with E-state index in [1.165, 1.54) is 11.0 Å². The maximum Gasteiger partial charge on any atom is 0.244 e. The molecular weight excluding hydrogens is 438 g/mol. The summed E-state index contributed by atoms with van der Waals surface area (Å²) in [6.07, 6.45) is 1.01. The van der Waals surface area contributed by atoms with Crippen LogP contribution in [-0.2, 0) is 26.2 Å². The molecule has 2 aromatic carbocycles. The molecule has 0 aliphatic rings. The molecule has 0 heterocycles. The van der Waals surface area contributed by atoms with Crippen LogP contribution >= 0.6 is 11.6 Å². The Balaban J connectivity index is 2.38. The highest BCUT2D eigenvalue weighted by molar-refractivity contribution is 7.92. The molecule has 0 aromatic heterocycles. The van der Waals surface area contributed by atoms with Gasteiger partial charge >= 0.3 is 0 Å². The minimum atomic E-state index is -3.81. The summed E-state index contributed by atoms with van der Waals surface area (Å²) in [6.45, 7) is 4.97. The lowest BCUT2D eigenvalue weighted by Crippen LogP contribution is -2.52. The minimum absolute atomic E-state index is 0.0979. The molecule has 0 aliphatic heterocycles. The third-order valence-electron chi connectivity index (χ3n) is 4.59. The number of sulfonamides is 1. The third kappa shape index (κ3) is 6.97. The number of carbonyl (C=O) groups is 2. The molecule has 168 valence electrons. The van der Waals surface area contributed by atoms with Crippen LogP contribution in [0.15, 0.2) is 54.6 Å². The highest BCUT2D eigenvalue weighted by Crippen LogP contribution is 2.27. The van der Waals surface area contributed by atoms with Crippen molar-refractivity contribution in [1.29, 1.82) is 0 Å².